The van der Waals surface area contributed by atoms with E-state index in [1.165, 1.54) is 23.1 Å². The van der Waals surface area contributed by atoms with Crippen molar-refractivity contribution < 1.29 is 22.7 Å². The fraction of sp³-hybridized carbons (Fsp3) is 0.294. The number of aryl methyl sites for hydroxylation is 1. The molecule has 23 heavy (non-hydrogen) atoms. The van der Waals surface area contributed by atoms with Gasteiger partial charge in [-0.25, -0.2) is 4.39 Å². The Bertz CT molecular complexity index is 640. The van der Waals surface area contributed by atoms with Crippen LogP contribution in [0.2, 0.25) is 0 Å². The molecule has 1 N–H and O–H groups in total. The summed E-state index contributed by atoms with van der Waals surface area (Å²) in [6, 6.07) is 12.6. The molecule has 0 aliphatic rings. The van der Waals surface area contributed by atoms with Gasteiger partial charge < -0.3 is 10.0 Å². The fourth-order valence-corrected chi connectivity index (χ4v) is 2.18. The maximum atomic E-state index is 13.3. The summed E-state index contributed by atoms with van der Waals surface area (Å²) in [6.45, 7) is 1.31. The summed E-state index contributed by atoms with van der Waals surface area (Å²) in [7, 11) is 0. The Balaban J connectivity index is 2.25. The molecule has 0 saturated carbocycles. The van der Waals surface area contributed by atoms with E-state index in [9.17, 15) is 22.7 Å². The average molecular weight is 327 g/mol. The van der Waals surface area contributed by atoms with Gasteiger partial charge in [0, 0.05) is 12.2 Å². The zero-order valence-electron chi connectivity index (χ0n) is 12.5. The lowest BCUT2D eigenvalue weighted by Gasteiger charge is -2.28. The van der Waals surface area contributed by atoms with Gasteiger partial charge in [-0.3, -0.25) is 0 Å². The number of aliphatic hydroxyl groups is 1. The number of nitrogens with zero attached hydrogens (tertiary/aromatic N) is 1. The fourth-order valence-electron chi connectivity index (χ4n) is 2.18. The monoisotopic (exact) mass is 327 g/mol. The topological polar surface area (TPSA) is 23.5 Å². The minimum Gasteiger partial charge on any atom is -0.382 e. The number of anilines is 1. The molecule has 0 spiro atoms. The first kappa shape index (κ1) is 17.3. The lowest BCUT2D eigenvalue weighted by molar-refractivity contribution is -0.200. The Kier molecular flexibility index (Phi) is 5.26. The molecule has 1 atom stereocenters. The molecule has 0 aliphatic heterocycles. The van der Waals surface area contributed by atoms with E-state index >= 15 is 0 Å². The molecule has 2 aromatic carbocycles. The molecule has 124 valence electrons. The van der Waals surface area contributed by atoms with Crippen LogP contribution in [0, 0.1) is 12.7 Å². The van der Waals surface area contributed by atoms with Crippen LogP contribution in [-0.2, 0) is 6.54 Å². The van der Waals surface area contributed by atoms with Crippen LogP contribution in [-0.4, -0.2) is 23.9 Å². The van der Waals surface area contributed by atoms with Crippen molar-refractivity contribution in [1.82, 2.24) is 0 Å². The third-order valence-electron chi connectivity index (χ3n) is 3.43. The molecule has 2 nitrogen and oxygen atoms in total. The van der Waals surface area contributed by atoms with E-state index < -0.39 is 24.6 Å². The van der Waals surface area contributed by atoms with Crippen LogP contribution < -0.4 is 4.90 Å². The maximum Gasteiger partial charge on any atom is 0.416 e. The molecule has 0 radical (unpaired) electrons. The number of benzene rings is 2. The Morgan fingerprint density at radius 2 is 1.74 bits per heavy atom. The molecule has 0 saturated heterocycles. The van der Waals surface area contributed by atoms with Gasteiger partial charge in [-0.2, -0.15) is 13.2 Å². The molecule has 0 amide bonds. The van der Waals surface area contributed by atoms with Crippen molar-refractivity contribution in [2.24, 2.45) is 0 Å². The molecular formula is C17H17F4NO. The van der Waals surface area contributed by atoms with Gasteiger partial charge in [0.15, 0.2) is 6.10 Å². The third-order valence-corrected chi connectivity index (χ3v) is 3.43. The van der Waals surface area contributed by atoms with E-state index in [-0.39, 0.29) is 6.54 Å². The minimum atomic E-state index is -4.70. The van der Waals surface area contributed by atoms with E-state index in [4.69, 9.17) is 0 Å². The summed E-state index contributed by atoms with van der Waals surface area (Å²) in [4.78, 5) is 1.38. The van der Waals surface area contributed by atoms with E-state index in [1.807, 2.05) is 6.92 Å². The van der Waals surface area contributed by atoms with E-state index in [0.717, 1.165) is 5.56 Å². The van der Waals surface area contributed by atoms with E-state index in [1.54, 1.807) is 30.3 Å². The minimum absolute atomic E-state index is 0.0635. The summed E-state index contributed by atoms with van der Waals surface area (Å²) < 4.78 is 51.2. The second kappa shape index (κ2) is 7.00. The highest BCUT2D eigenvalue weighted by molar-refractivity contribution is 5.48. The number of alkyl halides is 3. The van der Waals surface area contributed by atoms with Gasteiger partial charge in [0.2, 0.25) is 0 Å². The highest BCUT2D eigenvalue weighted by atomic mass is 19.4. The molecule has 2 rings (SSSR count). The predicted molar refractivity (Wildman–Crippen MR) is 80.7 cm³/mol. The SMILES string of the molecule is Cc1ccc(N(Cc2cccc(F)c2)CC(O)C(F)(F)F)cc1. The summed E-state index contributed by atoms with van der Waals surface area (Å²) in [5.74, 6) is -0.456. The molecule has 0 heterocycles. The summed E-state index contributed by atoms with van der Waals surface area (Å²) in [6.07, 6.45) is -7.18. The summed E-state index contributed by atoms with van der Waals surface area (Å²) in [5, 5.41) is 9.36. The summed E-state index contributed by atoms with van der Waals surface area (Å²) in [5.41, 5.74) is 2.03. The standard InChI is InChI=1S/C17H17F4NO/c1-12-5-7-15(8-6-12)22(11-16(23)17(19,20)21)10-13-3-2-4-14(18)9-13/h2-9,16,23H,10-11H2,1H3. The smallest absolute Gasteiger partial charge is 0.382 e. The Morgan fingerprint density at radius 1 is 1.09 bits per heavy atom. The van der Waals surface area contributed by atoms with Crippen molar-refractivity contribution in [1.29, 1.82) is 0 Å². The third kappa shape index (κ3) is 4.96. The molecule has 0 aromatic heterocycles. The highest BCUT2D eigenvalue weighted by Gasteiger charge is 2.39. The van der Waals surface area contributed by atoms with Gasteiger partial charge in [0.05, 0.1) is 6.54 Å². The van der Waals surface area contributed by atoms with Crippen LogP contribution in [0.25, 0.3) is 0 Å². The van der Waals surface area contributed by atoms with Crippen molar-refractivity contribution >= 4 is 5.69 Å². The summed E-state index contributed by atoms with van der Waals surface area (Å²) >= 11 is 0. The van der Waals surface area contributed by atoms with Gasteiger partial charge >= 0.3 is 6.18 Å². The molecular weight excluding hydrogens is 310 g/mol. The van der Waals surface area contributed by atoms with Crippen LogP contribution in [0.15, 0.2) is 48.5 Å². The first-order valence-electron chi connectivity index (χ1n) is 7.06. The predicted octanol–water partition coefficient (Wildman–Crippen LogP) is 4.06. The van der Waals surface area contributed by atoms with Crippen molar-refractivity contribution in [3.63, 3.8) is 0 Å². The lowest BCUT2D eigenvalue weighted by atomic mass is 10.1. The molecule has 0 fully saturated rings. The normalized spacial score (nSPS) is 13.0. The lowest BCUT2D eigenvalue weighted by Crippen LogP contribution is -2.40. The number of hydrogen-bond donors (Lipinski definition) is 1. The first-order chi connectivity index (χ1) is 10.8. The first-order valence-corrected chi connectivity index (χ1v) is 7.06. The van der Waals surface area contributed by atoms with E-state index in [2.05, 4.69) is 0 Å². The zero-order valence-corrected chi connectivity index (χ0v) is 12.5. The van der Waals surface area contributed by atoms with Gasteiger partial charge in [-0.15, -0.1) is 0 Å². The van der Waals surface area contributed by atoms with Crippen molar-refractivity contribution in [3.8, 4) is 0 Å². The quantitative estimate of drug-likeness (QED) is 0.837. The molecule has 0 bridgehead atoms. The molecule has 6 heteroatoms. The molecule has 2 aromatic rings. The number of hydrogen-bond acceptors (Lipinski definition) is 2. The van der Waals surface area contributed by atoms with Crippen LogP contribution in [0.5, 0.6) is 0 Å². The second-order valence-electron chi connectivity index (χ2n) is 5.40. The van der Waals surface area contributed by atoms with Gasteiger partial charge in [0.1, 0.15) is 5.82 Å². The molecule has 0 aliphatic carbocycles. The van der Waals surface area contributed by atoms with Gasteiger partial charge in [0.25, 0.3) is 0 Å². The van der Waals surface area contributed by atoms with Gasteiger partial charge in [-0.05, 0) is 36.8 Å². The Hall–Kier alpha value is -2.08. The highest BCUT2D eigenvalue weighted by Crippen LogP contribution is 2.25. The van der Waals surface area contributed by atoms with Crippen LogP contribution >= 0.6 is 0 Å². The van der Waals surface area contributed by atoms with Crippen LogP contribution in [0.4, 0.5) is 23.2 Å². The zero-order chi connectivity index (χ0) is 17.0. The number of aliphatic hydroxyl groups excluding tert-OH is 1. The maximum absolute atomic E-state index is 13.3. The van der Waals surface area contributed by atoms with Gasteiger partial charge in [-0.1, -0.05) is 29.8 Å². The van der Waals surface area contributed by atoms with Crippen molar-refractivity contribution in [2.75, 3.05) is 11.4 Å². The largest absolute Gasteiger partial charge is 0.416 e. The Labute approximate surface area is 132 Å². The van der Waals surface area contributed by atoms with Crippen molar-refractivity contribution in [2.45, 2.75) is 25.7 Å². The number of rotatable bonds is 5. The van der Waals surface area contributed by atoms with Crippen LogP contribution in [0.3, 0.4) is 0 Å². The van der Waals surface area contributed by atoms with Crippen LogP contribution in [0.1, 0.15) is 11.1 Å². The average Bonchev–Trinajstić information content (AvgIpc) is 2.46. The van der Waals surface area contributed by atoms with Crippen molar-refractivity contribution in [3.05, 3.63) is 65.5 Å². The molecule has 1 unspecified atom stereocenters. The second-order valence-corrected chi connectivity index (χ2v) is 5.40. The Morgan fingerprint density at radius 3 is 2.30 bits per heavy atom. The number of halogens is 4. The van der Waals surface area contributed by atoms with E-state index in [0.29, 0.717) is 11.3 Å².